The van der Waals surface area contributed by atoms with Crippen LogP contribution < -0.4 is 10.8 Å². The van der Waals surface area contributed by atoms with E-state index in [9.17, 15) is 18.0 Å². The van der Waals surface area contributed by atoms with Gasteiger partial charge < -0.3 is 10.1 Å². The molecular weight excluding hydrogens is 349 g/mol. The Morgan fingerprint density at radius 1 is 1.12 bits per heavy atom. The fraction of sp³-hybridized carbons (Fsp3) is 0.278. The normalized spacial score (nSPS) is 19.3. The summed E-state index contributed by atoms with van der Waals surface area (Å²) in [5.74, 6) is -2.27. The molecule has 2 unspecified atom stereocenters. The lowest BCUT2D eigenvalue weighted by Gasteiger charge is -2.20. The minimum atomic E-state index is -0.969. The molecule has 1 aliphatic rings. The second-order valence-corrected chi connectivity index (χ2v) is 5.85. The number of amides is 2. The molecule has 5 nitrogen and oxygen atoms in total. The Balaban J connectivity index is 1.51. The smallest absolute Gasteiger partial charge is 0.339 e. The Morgan fingerprint density at radius 3 is 2.62 bits per heavy atom. The third kappa shape index (κ3) is 4.53. The maximum Gasteiger partial charge on any atom is 0.339 e. The highest BCUT2D eigenvalue weighted by atomic mass is 19.2. The van der Waals surface area contributed by atoms with Crippen LogP contribution in [-0.4, -0.2) is 18.7 Å². The number of hydrogen-bond acceptors (Lipinski definition) is 3. The first kappa shape index (κ1) is 18.2. The molecule has 138 valence electrons. The summed E-state index contributed by atoms with van der Waals surface area (Å²) in [7, 11) is 0. The van der Waals surface area contributed by atoms with Crippen LogP contribution in [0.15, 0.2) is 42.5 Å². The summed E-state index contributed by atoms with van der Waals surface area (Å²) >= 11 is 0. The molecule has 0 spiro atoms. The number of nitrogens with one attached hydrogen (secondary N) is 2. The van der Waals surface area contributed by atoms with Crippen molar-refractivity contribution in [2.45, 2.75) is 25.2 Å². The molecule has 0 radical (unpaired) electrons. The topological polar surface area (TPSA) is 59.6 Å². The lowest BCUT2D eigenvalue weighted by atomic mass is 10.0. The van der Waals surface area contributed by atoms with Crippen LogP contribution in [0.25, 0.3) is 0 Å². The van der Waals surface area contributed by atoms with Gasteiger partial charge in [0.15, 0.2) is 11.6 Å². The number of carbonyl (C=O) groups excluding carboxylic acids is 1. The Hall–Kier alpha value is -2.58. The predicted octanol–water partition coefficient (Wildman–Crippen LogP) is 3.36. The van der Waals surface area contributed by atoms with E-state index in [1.54, 1.807) is 12.1 Å². The summed E-state index contributed by atoms with van der Waals surface area (Å²) in [6.45, 7) is 0.451. The van der Waals surface area contributed by atoms with Crippen LogP contribution in [0, 0.1) is 17.5 Å². The van der Waals surface area contributed by atoms with Gasteiger partial charge in [-0.1, -0.05) is 18.2 Å². The SMILES string of the molecule is O=C(NOCc1ccc(F)cc1)NC1CCOC1c1ccc(F)c(F)c1. The van der Waals surface area contributed by atoms with E-state index in [0.717, 1.165) is 12.1 Å². The summed E-state index contributed by atoms with van der Waals surface area (Å²) in [5.41, 5.74) is 3.37. The van der Waals surface area contributed by atoms with E-state index in [-0.39, 0.29) is 12.4 Å². The number of rotatable bonds is 5. The summed E-state index contributed by atoms with van der Waals surface area (Å²) < 4.78 is 44.8. The Labute approximate surface area is 148 Å². The Morgan fingerprint density at radius 2 is 1.88 bits per heavy atom. The summed E-state index contributed by atoms with van der Waals surface area (Å²) in [6.07, 6.45) is -0.0531. The molecule has 0 saturated carbocycles. The highest BCUT2D eigenvalue weighted by Crippen LogP contribution is 2.30. The van der Waals surface area contributed by atoms with E-state index in [2.05, 4.69) is 10.8 Å². The van der Waals surface area contributed by atoms with E-state index in [1.807, 2.05) is 0 Å². The van der Waals surface area contributed by atoms with Gasteiger partial charge in [-0.25, -0.2) is 23.4 Å². The molecule has 1 fully saturated rings. The number of carbonyl (C=O) groups is 1. The Bertz CT molecular complexity index is 771. The second-order valence-electron chi connectivity index (χ2n) is 5.85. The van der Waals surface area contributed by atoms with Crippen LogP contribution >= 0.6 is 0 Å². The fourth-order valence-corrected chi connectivity index (χ4v) is 2.72. The van der Waals surface area contributed by atoms with Gasteiger partial charge >= 0.3 is 6.03 Å². The molecule has 1 aliphatic heterocycles. The molecule has 0 aliphatic carbocycles. The van der Waals surface area contributed by atoms with Crippen molar-refractivity contribution in [2.75, 3.05) is 6.61 Å². The van der Waals surface area contributed by atoms with Crippen molar-refractivity contribution >= 4 is 6.03 Å². The molecule has 1 heterocycles. The van der Waals surface area contributed by atoms with E-state index >= 15 is 0 Å². The van der Waals surface area contributed by atoms with Crippen molar-refractivity contribution in [1.82, 2.24) is 10.8 Å². The van der Waals surface area contributed by atoms with Crippen LogP contribution in [0.4, 0.5) is 18.0 Å². The van der Waals surface area contributed by atoms with Gasteiger partial charge in [-0.3, -0.25) is 4.84 Å². The minimum Gasteiger partial charge on any atom is -0.371 e. The zero-order valence-corrected chi connectivity index (χ0v) is 13.7. The van der Waals surface area contributed by atoms with Crippen molar-refractivity contribution in [3.8, 4) is 0 Å². The summed E-state index contributed by atoms with van der Waals surface area (Å²) in [6, 6.07) is 8.17. The van der Waals surface area contributed by atoms with E-state index in [1.165, 1.54) is 18.2 Å². The first-order valence-corrected chi connectivity index (χ1v) is 8.02. The zero-order valence-electron chi connectivity index (χ0n) is 13.7. The number of urea groups is 1. The quantitative estimate of drug-likeness (QED) is 0.798. The zero-order chi connectivity index (χ0) is 18.5. The molecule has 1 saturated heterocycles. The molecule has 3 rings (SSSR count). The molecule has 8 heteroatoms. The fourth-order valence-electron chi connectivity index (χ4n) is 2.72. The van der Waals surface area contributed by atoms with Crippen LogP contribution in [0.3, 0.4) is 0 Å². The molecule has 0 bridgehead atoms. The van der Waals surface area contributed by atoms with E-state index < -0.39 is 29.8 Å². The van der Waals surface area contributed by atoms with E-state index in [4.69, 9.17) is 9.57 Å². The molecule has 2 atom stereocenters. The van der Waals surface area contributed by atoms with Crippen LogP contribution in [0.2, 0.25) is 0 Å². The number of halogens is 3. The third-order valence-corrected chi connectivity index (χ3v) is 4.00. The molecule has 2 N–H and O–H groups in total. The maximum absolute atomic E-state index is 13.4. The molecule has 2 aromatic carbocycles. The average Bonchev–Trinajstić information content (AvgIpc) is 3.07. The van der Waals surface area contributed by atoms with Crippen molar-refractivity contribution in [3.63, 3.8) is 0 Å². The lowest BCUT2D eigenvalue weighted by Crippen LogP contribution is -2.43. The van der Waals surface area contributed by atoms with Gasteiger partial charge in [0.2, 0.25) is 0 Å². The van der Waals surface area contributed by atoms with Gasteiger partial charge in [0.1, 0.15) is 11.9 Å². The number of hydroxylamine groups is 1. The van der Waals surface area contributed by atoms with Gasteiger partial charge in [-0.2, -0.15) is 0 Å². The highest BCUT2D eigenvalue weighted by Gasteiger charge is 2.31. The number of benzene rings is 2. The molecule has 26 heavy (non-hydrogen) atoms. The van der Waals surface area contributed by atoms with Crippen LogP contribution in [0.5, 0.6) is 0 Å². The van der Waals surface area contributed by atoms with E-state index in [0.29, 0.717) is 24.2 Å². The first-order chi connectivity index (χ1) is 12.5. The first-order valence-electron chi connectivity index (χ1n) is 8.02. The van der Waals surface area contributed by atoms with Crippen LogP contribution in [0.1, 0.15) is 23.7 Å². The van der Waals surface area contributed by atoms with Gasteiger partial charge in [0.05, 0.1) is 12.6 Å². The van der Waals surface area contributed by atoms with Crippen molar-refractivity contribution < 1.29 is 27.5 Å². The number of hydrogen-bond donors (Lipinski definition) is 2. The monoisotopic (exact) mass is 366 g/mol. The van der Waals surface area contributed by atoms with Crippen molar-refractivity contribution in [2.24, 2.45) is 0 Å². The van der Waals surface area contributed by atoms with Crippen molar-refractivity contribution in [1.29, 1.82) is 0 Å². The third-order valence-electron chi connectivity index (χ3n) is 4.00. The van der Waals surface area contributed by atoms with Gasteiger partial charge in [0.25, 0.3) is 0 Å². The van der Waals surface area contributed by atoms with Gasteiger partial charge in [-0.05, 0) is 41.8 Å². The average molecular weight is 366 g/mol. The molecular formula is C18H17F3N2O3. The summed E-state index contributed by atoms with van der Waals surface area (Å²) in [5, 5.41) is 2.68. The van der Waals surface area contributed by atoms with Gasteiger partial charge in [-0.15, -0.1) is 0 Å². The maximum atomic E-state index is 13.4. The van der Waals surface area contributed by atoms with Crippen LogP contribution in [-0.2, 0) is 16.2 Å². The summed E-state index contributed by atoms with van der Waals surface area (Å²) in [4.78, 5) is 17.0. The lowest BCUT2D eigenvalue weighted by molar-refractivity contribution is 0.0456. The Kier molecular flexibility index (Phi) is 5.75. The molecule has 2 aromatic rings. The predicted molar refractivity (Wildman–Crippen MR) is 86.3 cm³/mol. The minimum absolute atomic E-state index is 0.0709. The highest BCUT2D eigenvalue weighted by molar-refractivity contribution is 5.73. The number of ether oxygens (including phenoxy) is 1. The van der Waals surface area contributed by atoms with Crippen molar-refractivity contribution in [3.05, 3.63) is 71.0 Å². The standard InChI is InChI=1S/C18H17F3N2O3/c19-13-4-1-11(2-5-13)10-26-23-18(24)22-16-7-8-25-17(16)12-3-6-14(20)15(21)9-12/h1-6,9,16-17H,7-8,10H2,(H2,22,23,24). The van der Waals surface area contributed by atoms with Gasteiger partial charge in [0, 0.05) is 6.61 Å². The molecule has 2 amide bonds. The largest absolute Gasteiger partial charge is 0.371 e. The molecule has 0 aromatic heterocycles. The second kappa shape index (κ2) is 8.20.